The molecule has 1 aromatic carbocycles. The highest BCUT2D eigenvalue weighted by Crippen LogP contribution is 2.37. The Bertz CT molecular complexity index is 782. The molecule has 1 atom stereocenters. The van der Waals surface area contributed by atoms with Crippen molar-refractivity contribution in [3.8, 4) is 16.9 Å². The van der Waals surface area contributed by atoms with Gasteiger partial charge in [-0.25, -0.2) is 18.6 Å². The number of carbonyl (C=O) groups excluding carboxylic acids is 1. The molecule has 2 aromatic rings. The van der Waals surface area contributed by atoms with E-state index in [-0.39, 0.29) is 17.8 Å². The van der Waals surface area contributed by atoms with E-state index in [0.29, 0.717) is 11.4 Å². The van der Waals surface area contributed by atoms with Gasteiger partial charge in [0.1, 0.15) is 23.8 Å². The third kappa shape index (κ3) is 2.39. The van der Waals surface area contributed by atoms with Gasteiger partial charge in [-0.05, 0) is 19.1 Å². The van der Waals surface area contributed by atoms with E-state index >= 15 is 0 Å². The van der Waals surface area contributed by atoms with Gasteiger partial charge in [0.25, 0.3) is 5.91 Å². The minimum absolute atomic E-state index is 0.143. The van der Waals surface area contributed by atoms with Gasteiger partial charge in [0.2, 0.25) is 11.2 Å². The van der Waals surface area contributed by atoms with Crippen molar-refractivity contribution in [3.05, 3.63) is 36.2 Å². The number of nitrogens with zero attached hydrogens (tertiary/aromatic N) is 3. The molecule has 1 aliphatic heterocycles. The van der Waals surface area contributed by atoms with Crippen LogP contribution in [-0.2, 0) is 16.0 Å². The molecule has 2 N–H and O–H groups in total. The van der Waals surface area contributed by atoms with E-state index in [1.807, 2.05) is 0 Å². The summed E-state index contributed by atoms with van der Waals surface area (Å²) >= 11 is -1.93. The summed E-state index contributed by atoms with van der Waals surface area (Å²) in [5, 5.41) is 9.88. The van der Waals surface area contributed by atoms with Crippen LogP contribution in [0.1, 0.15) is 5.82 Å². The van der Waals surface area contributed by atoms with Crippen LogP contribution in [-0.4, -0.2) is 31.7 Å². The average Bonchev–Trinajstić information content (AvgIpc) is 2.79. The summed E-state index contributed by atoms with van der Waals surface area (Å²) in [6, 6.07) is 2.64. The van der Waals surface area contributed by atoms with Crippen LogP contribution < -0.4 is 9.03 Å². The topological polar surface area (TPSA) is 95.4 Å². The number of amides is 1. The van der Waals surface area contributed by atoms with E-state index < -0.39 is 28.6 Å². The van der Waals surface area contributed by atoms with Gasteiger partial charge in [-0.3, -0.25) is 13.8 Å². The maximum absolute atomic E-state index is 14.7. The Kier molecular flexibility index (Phi) is 3.49. The number of hydrogen-bond donors (Lipinski definition) is 2. The van der Waals surface area contributed by atoms with Gasteiger partial charge in [0, 0.05) is 23.5 Å². The first-order valence-electron chi connectivity index (χ1n) is 6.27. The second kappa shape index (κ2) is 5.34. The Morgan fingerprint density at radius 3 is 2.64 bits per heavy atom. The van der Waals surface area contributed by atoms with Crippen LogP contribution >= 0.6 is 0 Å². The molecule has 0 aliphatic carbocycles. The van der Waals surface area contributed by atoms with Crippen molar-refractivity contribution >= 4 is 22.8 Å². The molecule has 7 nitrogen and oxygen atoms in total. The first kappa shape index (κ1) is 14.4. The number of anilines is 1. The van der Waals surface area contributed by atoms with Crippen molar-refractivity contribution < 1.29 is 18.5 Å². The second-order valence-electron chi connectivity index (χ2n) is 4.62. The van der Waals surface area contributed by atoms with Crippen LogP contribution in [0, 0.1) is 12.7 Å². The molecule has 0 radical (unpaired) electrons. The fourth-order valence-electron chi connectivity index (χ4n) is 2.08. The number of phenolic OH excluding ortho intramolecular Hbond substituents is 1. The van der Waals surface area contributed by atoms with Gasteiger partial charge in [0.05, 0.1) is 0 Å². The average molecular weight is 322 g/mol. The molecule has 1 fully saturated rings. The minimum Gasteiger partial charge on any atom is -0.506 e. The number of aromatic nitrogens is 2. The molecule has 9 heteroatoms. The van der Waals surface area contributed by atoms with Crippen molar-refractivity contribution in [2.45, 2.75) is 6.92 Å². The van der Waals surface area contributed by atoms with Crippen LogP contribution in [0.2, 0.25) is 0 Å². The summed E-state index contributed by atoms with van der Waals surface area (Å²) in [4.78, 5) is 19.3. The Morgan fingerprint density at radius 1 is 1.36 bits per heavy atom. The zero-order valence-corrected chi connectivity index (χ0v) is 12.2. The SMILES string of the molecule is Cc1ncc(-c2ccc(O)c(N3CC(=O)NS3=O)c2F)cn1. The number of aromatic hydroxyl groups is 1. The van der Waals surface area contributed by atoms with Gasteiger partial charge < -0.3 is 5.11 Å². The van der Waals surface area contributed by atoms with Gasteiger partial charge in [-0.1, -0.05) is 0 Å². The van der Waals surface area contributed by atoms with E-state index in [1.165, 1.54) is 24.5 Å². The predicted octanol–water partition coefficient (Wildman–Crippen LogP) is 0.812. The highest BCUT2D eigenvalue weighted by atomic mass is 32.2. The van der Waals surface area contributed by atoms with E-state index in [4.69, 9.17) is 0 Å². The largest absolute Gasteiger partial charge is 0.506 e. The fraction of sp³-hybridized carbons (Fsp3) is 0.154. The van der Waals surface area contributed by atoms with Crippen molar-refractivity contribution in [3.63, 3.8) is 0 Å². The normalized spacial score (nSPS) is 17.6. The summed E-state index contributed by atoms with van der Waals surface area (Å²) in [5.74, 6) is -1.17. The number of carbonyl (C=O) groups is 1. The van der Waals surface area contributed by atoms with Gasteiger partial charge >= 0.3 is 0 Å². The van der Waals surface area contributed by atoms with Gasteiger partial charge in [0.15, 0.2) is 5.82 Å². The first-order valence-corrected chi connectivity index (χ1v) is 7.37. The lowest BCUT2D eigenvalue weighted by molar-refractivity contribution is -0.117. The Balaban J connectivity index is 2.12. The summed E-state index contributed by atoms with van der Waals surface area (Å²) < 4.78 is 29.6. The zero-order chi connectivity index (χ0) is 15.9. The number of nitrogens with one attached hydrogen (secondary N) is 1. The van der Waals surface area contributed by atoms with Crippen LogP contribution in [0.5, 0.6) is 5.75 Å². The molecule has 1 amide bonds. The number of rotatable bonds is 2. The van der Waals surface area contributed by atoms with Crippen molar-refractivity contribution in [2.24, 2.45) is 0 Å². The van der Waals surface area contributed by atoms with E-state index in [9.17, 15) is 18.5 Å². The molecule has 114 valence electrons. The third-order valence-electron chi connectivity index (χ3n) is 3.12. The van der Waals surface area contributed by atoms with E-state index in [0.717, 1.165) is 4.31 Å². The second-order valence-corrected chi connectivity index (χ2v) is 5.77. The summed E-state index contributed by atoms with van der Waals surface area (Å²) in [5.41, 5.74) is 0.257. The number of phenols is 1. The summed E-state index contributed by atoms with van der Waals surface area (Å²) in [6.07, 6.45) is 2.90. The quantitative estimate of drug-likeness (QED) is 0.853. The Morgan fingerprint density at radius 2 is 2.05 bits per heavy atom. The molecule has 1 aliphatic rings. The van der Waals surface area contributed by atoms with Crippen LogP contribution in [0.25, 0.3) is 11.1 Å². The monoisotopic (exact) mass is 322 g/mol. The Hall–Kier alpha value is -2.55. The van der Waals surface area contributed by atoms with Crippen molar-refractivity contribution in [1.29, 1.82) is 0 Å². The molecule has 3 rings (SSSR count). The molecule has 1 aromatic heterocycles. The maximum Gasteiger partial charge on any atom is 0.253 e. The molecule has 0 saturated carbocycles. The van der Waals surface area contributed by atoms with Crippen molar-refractivity contribution in [2.75, 3.05) is 10.8 Å². The fourth-order valence-corrected chi connectivity index (χ4v) is 3.03. The molecular formula is C13H11FN4O3S. The highest BCUT2D eigenvalue weighted by Gasteiger charge is 2.32. The molecule has 0 spiro atoms. The van der Waals surface area contributed by atoms with Crippen LogP contribution in [0.15, 0.2) is 24.5 Å². The number of halogens is 1. The molecule has 1 saturated heterocycles. The predicted molar refractivity (Wildman–Crippen MR) is 77.5 cm³/mol. The smallest absolute Gasteiger partial charge is 0.253 e. The van der Waals surface area contributed by atoms with E-state index in [1.54, 1.807) is 6.92 Å². The third-order valence-corrected chi connectivity index (χ3v) is 4.24. The lowest BCUT2D eigenvalue weighted by Gasteiger charge is -2.17. The number of benzene rings is 1. The van der Waals surface area contributed by atoms with E-state index in [2.05, 4.69) is 14.7 Å². The highest BCUT2D eigenvalue weighted by molar-refractivity contribution is 7.85. The number of aryl methyl sites for hydroxylation is 1. The molecule has 1 unspecified atom stereocenters. The molecule has 22 heavy (non-hydrogen) atoms. The number of hydrogen-bond acceptors (Lipinski definition) is 5. The summed E-state index contributed by atoms with van der Waals surface area (Å²) in [7, 11) is 0. The van der Waals surface area contributed by atoms with Gasteiger partial charge in [-0.15, -0.1) is 0 Å². The van der Waals surface area contributed by atoms with Gasteiger partial charge in [-0.2, -0.15) is 0 Å². The molecule has 0 bridgehead atoms. The minimum atomic E-state index is -1.93. The maximum atomic E-state index is 14.7. The lowest BCUT2D eigenvalue weighted by Crippen LogP contribution is -2.23. The standard InChI is InChI=1S/C13H11FN4O3S/c1-7-15-4-8(5-16-7)9-2-3-10(19)13(12(9)14)18-6-11(20)17-22(18)21/h2-5,19H,6H2,1H3,(H,17,20). The summed E-state index contributed by atoms with van der Waals surface area (Å²) in [6.45, 7) is 1.40. The zero-order valence-electron chi connectivity index (χ0n) is 11.4. The van der Waals surface area contributed by atoms with Crippen LogP contribution in [0.4, 0.5) is 10.1 Å². The first-order chi connectivity index (χ1) is 10.5. The molecular weight excluding hydrogens is 311 g/mol. The van der Waals surface area contributed by atoms with Crippen molar-refractivity contribution in [1.82, 2.24) is 14.7 Å². The van der Waals surface area contributed by atoms with Crippen LogP contribution in [0.3, 0.4) is 0 Å². The lowest BCUT2D eigenvalue weighted by atomic mass is 10.1. The molecule has 2 heterocycles. The Labute approximate surface area is 127 Å².